The van der Waals surface area contributed by atoms with Crippen LogP contribution in [0.25, 0.3) is 0 Å². The lowest BCUT2D eigenvalue weighted by Crippen LogP contribution is -2.19. The maximum Gasteiger partial charge on any atom is 0.127 e. The topological polar surface area (TPSA) is 43.4 Å². The maximum atomic E-state index is 5.44. The van der Waals surface area contributed by atoms with Crippen molar-refractivity contribution in [3.05, 3.63) is 53.9 Å². The third-order valence-electron chi connectivity index (χ3n) is 3.02. The number of nitrogens with one attached hydrogen (secondary N) is 1. The molecule has 0 saturated carbocycles. The number of benzene rings is 1. The Morgan fingerprint density at radius 1 is 1.11 bits per heavy atom. The van der Waals surface area contributed by atoms with E-state index < -0.39 is 0 Å². The first kappa shape index (κ1) is 13.4. The summed E-state index contributed by atoms with van der Waals surface area (Å²) < 4.78 is 10.7. The van der Waals surface area contributed by atoms with Crippen LogP contribution in [0.2, 0.25) is 0 Å². The molecule has 1 aromatic carbocycles. The zero-order valence-electron chi connectivity index (χ0n) is 11.4. The Kier molecular flexibility index (Phi) is 4.36. The minimum atomic E-state index is -0.0120. The Hall–Kier alpha value is -2.07. The normalized spacial score (nSPS) is 11.9. The minimum absolute atomic E-state index is 0.0120. The molecule has 0 saturated heterocycles. The van der Waals surface area contributed by atoms with Gasteiger partial charge in [0, 0.05) is 17.8 Å². The van der Waals surface area contributed by atoms with Gasteiger partial charge in [0.05, 0.1) is 26.0 Å². The van der Waals surface area contributed by atoms with Gasteiger partial charge >= 0.3 is 0 Å². The summed E-state index contributed by atoms with van der Waals surface area (Å²) in [4.78, 5) is 4.39. The molecule has 4 nitrogen and oxygen atoms in total. The van der Waals surface area contributed by atoms with Crippen LogP contribution in [0.4, 0.5) is 0 Å². The molecule has 4 heteroatoms. The van der Waals surface area contributed by atoms with E-state index in [9.17, 15) is 0 Å². The van der Waals surface area contributed by atoms with E-state index in [4.69, 9.17) is 9.47 Å². The second-order valence-corrected chi connectivity index (χ2v) is 4.08. The van der Waals surface area contributed by atoms with Gasteiger partial charge in [-0.15, -0.1) is 0 Å². The van der Waals surface area contributed by atoms with Gasteiger partial charge in [0.1, 0.15) is 11.5 Å². The summed E-state index contributed by atoms with van der Waals surface area (Å²) in [6.45, 7) is 0. The molecular formula is C15H18N2O2. The Morgan fingerprint density at radius 2 is 1.95 bits per heavy atom. The summed E-state index contributed by atoms with van der Waals surface area (Å²) in [6, 6.07) is 11.7. The van der Waals surface area contributed by atoms with E-state index >= 15 is 0 Å². The van der Waals surface area contributed by atoms with Gasteiger partial charge in [0.15, 0.2) is 0 Å². The maximum absolute atomic E-state index is 5.44. The standard InChI is InChI=1S/C15H18N2O2/c1-16-15(13-6-4-5-9-17-13)12-8-7-11(18-2)10-14(12)19-3/h4-10,15-16H,1-3H3. The average Bonchev–Trinajstić information content (AvgIpc) is 2.49. The highest BCUT2D eigenvalue weighted by atomic mass is 16.5. The van der Waals surface area contributed by atoms with Gasteiger partial charge in [-0.05, 0) is 31.3 Å². The highest BCUT2D eigenvalue weighted by molar-refractivity contribution is 5.45. The molecule has 0 aliphatic rings. The van der Waals surface area contributed by atoms with E-state index in [0.29, 0.717) is 0 Å². The van der Waals surface area contributed by atoms with Crippen molar-refractivity contribution < 1.29 is 9.47 Å². The number of hydrogen-bond acceptors (Lipinski definition) is 4. The van der Waals surface area contributed by atoms with Crippen LogP contribution in [0.1, 0.15) is 17.3 Å². The SMILES string of the molecule is CNC(c1ccccn1)c1ccc(OC)cc1OC. The first-order chi connectivity index (χ1) is 9.30. The summed E-state index contributed by atoms with van der Waals surface area (Å²) in [5, 5.41) is 3.26. The molecular weight excluding hydrogens is 240 g/mol. The molecule has 1 atom stereocenters. The third kappa shape index (κ3) is 2.85. The van der Waals surface area contributed by atoms with Crippen LogP contribution in [-0.4, -0.2) is 26.3 Å². The van der Waals surface area contributed by atoms with Crippen molar-refractivity contribution in [1.29, 1.82) is 0 Å². The predicted octanol–water partition coefficient (Wildman–Crippen LogP) is 2.41. The Labute approximate surface area is 113 Å². The minimum Gasteiger partial charge on any atom is -0.497 e. The van der Waals surface area contributed by atoms with Gasteiger partial charge in [-0.3, -0.25) is 4.98 Å². The molecule has 1 aromatic heterocycles. The van der Waals surface area contributed by atoms with Crippen molar-refractivity contribution in [2.75, 3.05) is 21.3 Å². The molecule has 0 aliphatic heterocycles. The number of ether oxygens (including phenoxy) is 2. The van der Waals surface area contributed by atoms with Crippen LogP contribution in [-0.2, 0) is 0 Å². The van der Waals surface area contributed by atoms with Crippen molar-refractivity contribution >= 4 is 0 Å². The van der Waals surface area contributed by atoms with Crippen LogP contribution < -0.4 is 14.8 Å². The van der Waals surface area contributed by atoms with Crippen molar-refractivity contribution in [2.45, 2.75) is 6.04 Å². The fourth-order valence-electron chi connectivity index (χ4n) is 2.07. The molecule has 0 radical (unpaired) electrons. The third-order valence-corrected chi connectivity index (χ3v) is 3.02. The fourth-order valence-corrected chi connectivity index (χ4v) is 2.07. The summed E-state index contributed by atoms with van der Waals surface area (Å²) in [7, 11) is 5.20. The highest BCUT2D eigenvalue weighted by Crippen LogP contribution is 2.31. The zero-order chi connectivity index (χ0) is 13.7. The number of hydrogen-bond donors (Lipinski definition) is 1. The van der Waals surface area contributed by atoms with Crippen molar-refractivity contribution in [3.8, 4) is 11.5 Å². The monoisotopic (exact) mass is 258 g/mol. The smallest absolute Gasteiger partial charge is 0.127 e. The van der Waals surface area contributed by atoms with E-state index in [-0.39, 0.29) is 6.04 Å². The molecule has 100 valence electrons. The average molecular weight is 258 g/mol. The molecule has 2 rings (SSSR count). The number of methoxy groups -OCH3 is 2. The number of rotatable bonds is 5. The zero-order valence-corrected chi connectivity index (χ0v) is 11.4. The first-order valence-corrected chi connectivity index (χ1v) is 6.10. The molecule has 0 amide bonds. The van der Waals surface area contributed by atoms with E-state index in [1.54, 1.807) is 20.4 Å². The van der Waals surface area contributed by atoms with Gasteiger partial charge in [-0.1, -0.05) is 6.07 Å². The van der Waals surface area contributed by atoms with Crippen LogP contribution in [0.5, 0.6) is 11.5 Å². The summed E-state index contributed by atoms with van der Waals surface area (Å²) in [5.74, 6) is 1.56. The molecule has 0 fully saturated rings. The summed E-state index contributed by atoms with van der Waals surface area (Å²) in [5.41, 5.74) is 1.98. The molecule has 0 spiro atoms. The van der Waals surface area contributed by atoms with Gasteiger partial charge in [0.2, 0.25) is 0 Å². The molecule has 19 heavy (non-hydrogen) atoms. The molecule has 0 aliphatic carbocycles. The summed E-state index contributed by atoms with van der Waals surface area (Å²) in [6.07, 6.45) is 1.79. The number of pyridine rings is 1. The number of aromatic nitrogens is 1. The van der Waals surface area contributed by atoms with Crippen LogP contribution in [0.15, 0.2) is 42.6 Å². The Morgan fingerprint density at radius 3 is 2.53 bits per heavy atom. The van der Waals surface area contributed by atoms with Crippen LogP contribution in [0, 0.1) is 0 Å². The second kappa shape index (κ2) is 6.20. The number of nitrogens with zero attached hydrogens (tertiary/aromatic N) is 1. The fraction of sp³-hybridized carbons (Fsp3) is 0.267. The van der Waals surface area contributed by atoms with Gasteiger partial charge in [-0.2, -0.15) is 0 Å². The van der Waals surface area contributed by atoms with E-state index in [0.717, 1.165) is 22.8 Å². The first-order valence-electron chi connectivity index (χ1n) is 6.10. The molecule has 1 heterocycles. The largest absolute Gasteiger partial charge is 0.497 e. The van der Waals surface area contributed by atoms with Crippen LogP contribution in [0.3, 0.4) is 0 Å². The molecule has 2 aromatic rings. The van der Waals surface area contributed by atoms with Gasteiger partial charge in [-0.25, -0.2) is 0 Å². The lowest BCUT2D eigenvalue weighted by atomic mass is 10.0. The van der Waals surface area contributed by atoms with E-state index in [1.165, 1.54) is 0 Å². The van der Waals surface area contributed by atoms with E-state index in [2.05, 4.69) is 10.3 Å². The lowest BCUT2D eigenvalue weighted by molar-refractivity contribution is 0.388. The van der Waals surface area contributed by atoms with Crippen LogP contribution >= 0.6 is 0 Å². The lowest BCUT2D eigenvalue weighted by Gasteiger charge is -2.19. The second-order valence-electron chi connectivity index (χ2n) is 4.08. The highest BCUT2D eigenvalue weighted by Gasteiger charge is 2.17. The summed E-state index contributed by atoms with van der Waals surface area (Å²) >= 11 is 0. The Balaban J connectivity index is 2.43. The van der Waals surface area contributed by atoms with E-state index in [1.807, 2.05) is 43.4 Å². The molecule has 1 unspecified atom stereocenters. The predicted molar refractivity (Wildman–Crippen MR) is 74.7 cm³/mol. The Bertz CT molecular complexity index is 529. The van der Waals surface area contributed by atoms with Crippen molar-refractivity contribution in [2.24, 2.45) is 0 Å². The van der Waals surface area contributed by atoms with Gasteiger partial charge < -0.3 is 14.8 Å². The molecule has 1 N–H and O–H groups in total. The van der Waals surface area contributed by atoms with Crippen molar-refractivity contribution in [1.82, 2.24) is 10.3 Å². The molecule has 0 bridgehead atoms. The van der Waals surface area contributed by atoms with Crippen molar-refractivity contribution in [3.63, 3.8) is 0 Å². The van der Waals surface area contributed by atoms with Gasteiger partial charge in [0.25, 0.3) is 0 Å². The quantitative estimate of drug-likeness (QED) is 0.894.